The summed E-state index contributed by atoms with van der Waals surface area (Å²) in [4.78, 5) is 0. The van der Waals surface area contributed by atoms with Gasteiger partial charge in [-0.15, -0.1) is 0 Å². The third-order valence-corrected chi connectivity index (χ3v) is 3.41. The van der Waals surface area contributed by atoms with Crippen LogP contribution in [-0.4, -0.2) is 5.79 Å². The van der Waals surface area contributed by atoms with Crippen LogP contribution < -0.4 is 14.8 Å². The highest BCUT2D eigenvalue weighted by Crippen LogP contribution is 2.41. The van der Waals surface area contributed by atoms with Gasteiger partial charge in [0.05, 0.1) is 6.04 Å². The SMILES string of the molecule is CC(Nc1ccc2c(c1)OC(C)(C)O2)c1ccccc1F. The zero-order valence-electron chi connectivity index (χ0n) is 12.3. The van der Waals surface area contributed by atoms with E-state index >= 15 is 0 Å². The Morgan fingerprint density at radius 2 is 1.76 bits per heavy atom. The van der Waals surface area contributed by atoms with E-state index < -0.39 is 5.79 Å². The third-order valence-electron chi connectivity index (χ3n) is 3.41. The number of hydrogen-bond donors (Lipinski definition) is 1. The zero-order chi connectivity index (χ0) is 15.0. The molecule has 0 saturated carbocycles. The van der Waals surface area contributed by atoms with Gasteiger partial charge in [-0.1, -0.05) is 18.2 Å². The van der Waals surface area contributed by atoms with Crippen molar-refractivity contribution in [2.45, 2.75) is 32.6 Å². The Balaban J connectivity index is 1.79. The Morgan fingerprint density at radius 3 is 2.52 bits per heavy atom. The van der Waals surface area contributed by atoms with Crippen LogP contribution in [0.1, 0.15) is 32.4 Å². The first-order valence-corrected chi connectivity index (χ1v) is 6.98. The molecule has 110 valence electrons. The number of fused-ring (bicyclic) bond motifs is 1. The van der Waals surface area contributed by atoms with Crippen LogP contribution in [0.2, 0.25) is 0 Å². The number of ether oxygens (including phenoxy) is 2. The molecule has 1 aliphatic rings. The maximum atomic E-state index is 13.8. The first kappa shape index (κ1) is 13.7. The summed E-state index contributed by atoms with van der Waals surface area (Å²) in [5, 5.41) is 3.28. The molecule has 1 heterocycles. The zero-order valence-corrected chi connectivity index (χ0v) is 12.3. The minimum Gasteiger partial charge on any atom is -0.449 e. The van der Waals surface area contributed by atoms with E-state index in [-0.39, 0.29) is 11.9 Å². The van der Waals surface area contributed by atoms with E-state index in [1.807, 2.05) is 45.0 Å². The van der Waals surface area contributed by atoms with Crippen molar-refractivity contribution < 1.29 is 13.9 Å². The fourth-order valence-corrected chi connectivity index (χ4v) is 2.47. The van der Waals surface area contributed by atoms with Crippen LogP contribution in [0, 0.1) is 5.82 Å². The van der Waals surface area contributed by atoms with Crippen LogP contribution in [0.5, 0.6) is 11.5 Å². The summed E-state index contributed by atoms with van der Waals surface area (Å²) in [5.74, 6) is 0.576. The summed E-state index contributed by atoms with van der Waals surface area (Å²) in [6, 6.07) is 12.3. The molecule has 1 unspecified atom stereocenters. The minimum atomic E-state index is -0.641. The van der Waals surface area contributed by atoms with Gasteiger partial charge in [0.1, 0.15) is 5.82 Å². The van der Waals surface area contributed by atoms with E-state index in [9.17, 15) is 4.39 Å². The van der Waals surface area contributed by atoms with Crippen LogP contribution in [0.25, 0.3) is 0 Å². The Kier molecular flexibility index (Phi) is 3.24. The number of hydrogen-bond acceptors (Lipinski definition) is 3. The highest BCUT2D eigenvalue weighted by Gasteiger charge is 2.31. The van der Waals surface area contributed by atoms with E-state index in [1.54, 1.807) is 12.1 Å². The minimum absolute atomic E-state index is 0.139. The standard InChI is InChI=1S/C17H18FNO2/c1-11(13-6-4-5-7-14(13)18)19-12-8-9-15-16(10-12)21-17(2,3)20-15/h4-11,19H,1-3H3. The van der Waals surface area contributed by atoms with Crippen molar-refractivity contribution in [1.29, 1.82) is 0 Å². The molecule has 1 atom stereocenters. The maximum absolute atomic E-state index is 13.8. The van der Waals surface area contributed by atoms with Crippen LogP contribution in [0.15, 0.2) is 42.5 Å². The van der Waals surface area contributed by atoms with Crippen molar-refractivity contribution in [2.75, 3.05) is 5.32 Å². The predicted molar refractivity (Wildman–Crippen MR) is 80.2 cm³/mol. The lowest BCUT2D eigenvalue weighted by Crippen LogP contribution is -2.29. The largest absolute Gasteiger partial charge is 0.449 e. The van der Waals surface area contributed by atoms with Crippen molar-refractivity contribution in [3.8, 4) is 11.5 Å². The first-order chi connectivity index (χ1) is 9.94. The van der Waals surface area contributed by atoms with E-state index in [2.05, 4.69) is 5.32 Å². The van der Waals surface area contributed by atoms with Crippen LogP contribution in [0.4, 0.5) is 10.1 Å². The van der Waals surface area contributed by atoms with Crippen LogP contribution >= 0.6 is 0 Å². The monoisotopic (exact) mass is 287 g/mol. The van der Waals surface area contributed by atoms with Crippen molar-refractivity contribution in [3.63, 3.8) is 0 Å². The summed E-state index contributed by atoms with van der Waals surface area (Å²) in [6.07, 6.45) is 0. The maximum Gasteiger partial charge on any atom is 0.246 e. The summed E-state index contributed by atoms with van der Waals surface area (Å²) in [7, 11) is 0. The van der Waals surface area contributed by atoms with Crippen molar-refractivity contribution in [1.82, 2.24) is 0 Å². The first-order valence-electron chi connectivity index (χ1n) is 6.98. The van der Waals surface area contributed by atoms with Crippen molar-refractivity contribution in [2.24, 2.45) is 0 Å². The van der Waals surface area contributed by atoms with Crippen LogP contribution in [-0.2, 0) is 0 Å². The quantitative estimate of drug-likeness (QED) is 0.901. The lowest BCUT2D eigenvalue weighted by Gasteiger charge is -2.17. The molecule has 4 heteroatoms. The van der Waals surface area contributed by atoms with Gasteiger partial charge in [0.2, 0.25) is 5.79 Å². The van der Waals surface area contributed by atoms with Gasteiger partial charge in [0.15, 0.2) is 11.5 Å². The molecule has 3 nitrogen and oxygen atoms in total. The molecular weight excluding hydrogens is 269 g/mol. The smallest absolute Gasteiger partial charge is 0.246 e. The fourth-order valence-electron chi connectivity index (χ4n) is 2.47. The summed E-state index contributed by atoms with van der Waals surface area (Å²) in [6.45, 7) is 5.65. The molecule has 0 aromatic heterocycles. The molecule has 3 rings (SSSR count). The van der Waals surface area contributed by atoms with Gasteiger partial charge in [0, 0.05) is 31.2 Å². The van der Waals surface area contributed by atoms with Crippen molar-refractivity contribution >= 4 is 5.69 Å². The molecule has 1 N–H and O–H groups in total. The van der Waals surface area contributed by atoms with Gasteiger partial charge in [-0.05, 0) is 25.1 Å². The van der Waals surface area contributed by atoms with E-state index in [1.165, 1.54) is 6.07 Å². The number of benzene rings is 2. The van der Waals surface area contributed by atoms with E-state index in [4.69, 9.17) is 9.47 Å². The van der Waals surface area contributed by atoms with Gasteiger partial charge in [0.25, 0.3) is 0 Å². The lowest BCUT2D eigenvalue weighted by molar-refractivity contribution is -0.0431. The molecule has 1 aliphatic heterocycles. The summed E-state index contributed by atoms with van der Waals surface area (Å²) in [5.41, 5.74) is 1.50. The fraction of sp³-hybridized carbons (Fsp3) is 0.294. The molecule has 0 amide bonds. The molecule has 0 radical (unpaired) electrons. The second-order valence-electron chi connectivity index (χ2n) is 5.65. The Morgan fingerprint density at radius 1 is 1.05 bits per heavy atom. The molecule has 0 bridgehead atoms. The van der Waals surface area contributed by atoms with Gasteiger partial charge in [-0.3, -0.25) is 0 Å². The molecular formula is C17H18FNO2. The average Bonchev–Trinajstić information content (AvgIpc) is 2.72. The molecule has 2 aromatic rings. The second-order valence-corrected chi connectivity index (χ2v) is 5.65. The topological polar surface area (TPSA) is 30.5 Å². The van der Waals surface area contributed by atoms with Gasteiger partial charge >= 0.3 is 0 Å². The van der Waals surface area contributed by atoms with Crippen molar-refractivity contribution in [3.05, 3.63) is 53.8 Å². The molecule has 0 aliphatic carbocycles. The lowest BCUT2D eigenvalue weighted by atomic mass is 10.1. The Labute approximate surface area is 123 Å². The third kappa shape index (κ3) is 2.79. The predicted octanol–water partition coefficient (Wildman–Crippen LogP) is 4.51. The van der Waals surface area contributed by atoms with Gasteiger partial charge in [-0.2, -0.15) is 0 Å². The Hall–Kier alpha value is -2.23. The Bertz CT molecular complexity index is 670. The van der Waals surface area contributed by atoms with Gasteiger partial charge < -0.3 is 14.8 Å². The highest BCUT2D eigenvalue weighted by molar-refractivity contribution is 5.57. The van der Waals surface area contributed by atoms with Gasteiger partial charge in [-0.25, -0.2) is 4.39 Å². The number of nitrogens with one attached hydrogen (secondary N) is 1. The summed E-state index contributed by atoms with van der Waals surface area (Å²) < 4.78 is 25.1. The number of halogens is 1. The molecule has 0 saturated heterocycles. The number of anilines is 1. The second kappa shape index (κ2) is 4.95. The molecule has 0 spiro atoms. The molecule has 0 fully saturated rings. The average molecular weight is 287 g/mol. The highest BCUT2D eigenvalue weighted by atomic mass is 19.1. The molecule has 2 aromatic carbocycles. The number of rotatable bonds is 3. The molecule has 21 heavy (non-hydrogen) atoms. The van der Waals surface area contributed by atoms with E-state index in [0.717, 1.165) is 11.4 Å². The van der Waals surface area contributed by atoms with E-state index in [0.29, 0.717) is 11.3 Å². The van der Waals surface area contributed by atoms with Crippen LogP contribution in [0.3, 0.4) is 0 Å². The summed E-state index contributed by atoms with van der Waals surface area (Å²) >= 11 is 0. The normalized spacial score (nSPS) is 16.6.